The molecule has 0 saturated heterocycles. The van der Waals surface area contributed by atoms with E-state index < -0.39 is 0 Å². The predicted octanol–water partition coefficient (Wildman–Crippen LogP) is 3.79. The summed E-state index contributed by atoms with van der Waals surface area (Å²) in [6.07, 6.45) is 5.59. The molecule has 1 aliphatic rings. The lowest BCUT2D eigenvalue weighted by molar-refractivity contribution is 0.171. The van der Waals surface area contributed by atoms with Crippen LogP contribution < -0.4 is 5.32 Å². The third-order valence-corrected chi connectivity index (χ3v) is 4.74. The zero-order chi connectivity index (χ0) is 14.7. The Bertz CT molecular complexity index is 625. The number of rotatable bonds is 7. The molecule has 0 bridgehead atoms. The maximum absolute atomic E-state index is 6.23. The minimum atomic E-state index is 0.464. The molecule has 1 aromatic heterocycles. The standard InChI is InChI=1S/C17H21ClN2O/c1-21-10-8-17(6-7-17)12-19-11-13-4-5-15(18)14-3-2-9-20-16(13)14/h2-5,9,19H,6-8,10-12H2,1H3. The monoisotopic (exact) mass is 304 g/mol. The van der Waals surface area contributed by atoms with Crippen molar-refractivity contribution in [3.63, 3.8) is 0 Å². The first-order valence-corrected chi connectivity index (χ1v) is 7.84. The quantitative estimate of drug-likeness (QED) is 0.845. The first kappa shape index (κ1) is 14.8. The number of halogens is 1. The second-order valence-electron chi connectivity index (χ2n) is 5.95. The summed E-state index contributed by atoms with van der Waals surface area (Å²) in [4.78, 5) is 4.48. The average molecular weight is 305 g/mol. The highest BCUT2D eigenvalue weighted by molar-refractivity contribution is 6.35. The molecule has 0 aliphatic heterocycles. The number of benzene rings is 1. The smallest absolute Gasteiger partial charge is 0.0761 e. The zero-order valence-corrected chi connectivity index (χ0v) is 13.1. The van der Waals surface area contributed by atoms with Gasteiger partial charge in [-0.3, -0.25) is 4.98 Å². The van der Waals surface area contributed by atoms with Crippen LogP contribution in [0, 0.1) is 5.41 Å². The van der Waals surface area contributed by atoms with E-state index in [0.29, 0.717) is 5.41 Å². The van der Waals surface area contributed by atoms with Gasteiger partial charge in [-0.1, -0.05) is 17.7 Å². The topological polar surface area (TPSA) is 34.1 Å². The van der Waals surface area contributed by atoms with Crippen LogP contribution in [-0.2, 0) is 11.3 Å². The first-order valence-electron chi connectivity index (χ1n) is 7.46. The summed E-state index contributed by atoms with van der Waals surface area (Å²) in [5, 5.41) is 5.38. The zero-order valence-electron chi connectivity index (χ0n) is 12.4. The molecule has 0 amide bonds. The molecule has 21 heavy (non-hydrogen) atoms. The van der Waals surface area contributed by atoms with Crippen LogP contribution in [0.15, 0.2) is 30.5 Å². The fourth-order valence-electron chi connectivity index (χ4n) is 2.81. The van der Waals surface area contributed by atoms with E-state index in [4.69, 9.17) is 16.3 Å². The Morgan fingerprint density at radius 3 is 2.95 bits per heavy atom. The molecule has 0 radical (unpaired) electrons. The molecule has 2 aromatic rings. The molecule has 1 fully saturated rings. The van der Waals surface area contributed by atoms with Crippen molar-refractivity contribution < 1.29 is 4.74 Å². The van der Waals surface area contributed by atoms with Gasteiger partial charge >= 0.3 is 0 Å². The summed E-state index contributed by atoms with van der Waals surface area (Å²) in [5.41, 5.74) is 2.67. The first-order chi connectivity index (χ1) is 10.2. The Kier molecular flexibility index (Phi) is 4.43. The number of fused-ring (bicyclic) bond motifs is 1. The van der Waals surface area contributed by atoms with Crippen LogP contribution in [0.2, 0.25) is 5.02 Å². The molecule has 3 rings (SSSR count). The van der Waals surface area contributed by atoms with Crippen molar-refractivity contribution in [2.75, 3.05) is 20.3 Å². The van der Waals surface area contributed by atoms with Gasteiger partial charge in [-0.15, -0.1) is 0 Å². The number of nitrogens with one attached hydrogen (secondary N) is 1. The van der Waals surface area contributed by atoms with E-state index in [9.17, 15) is 0 Å². The summed E-state index contributed by atoms with van der Waals surface area (Å²) in [6, 6.07) is 7.98. The number of ether oxygens (including phenoxy) is 1. The Balaban J connectivity index is 1.65. The Labute approximate surface area is 130 Å². The maximum atomic E-state index is 6.23. The summed E-state index contributed by atoms with van der Waals surface area (Å²) < 4.78 is 5.20. The van der Waals surface area contributed by atoms with Gasteiger partial charge in [-0.25, -0.2) is 0 Å². The van der Waals surface area contributed by atoms with Gasteiger partial charge in [0.15, 0.2) is 0 Å². The number of nitrogens with zero attached hydrogens (tertiary/aromatic N) is 1. The van der Waals surface area contributed by atoms with E-state index in [1.165, 1.54) is 18.4 Å². The second-order valence-corrected chi connectivity index (χ2v) is 6.36. The Morgan fingerprint density at radius 2 is 2.19 bits per heavy atom. The molecule has 112 valence electrons. The molecule has 1 aliphatic carbocycles. The predicted molar refractivity (Wildman–Crippen MR) is 86.6 cm³/mol. The van der Waals surface area contributed by atoms with Crippen molar-refractivity contribution in [3.8, 4) is 0 Å². The fourth-order valence-corrected chi connectivity index (χ4v) is 3.03. The number of hydrogen-bond acceptors (Lipinski definition) is 3. The van der Waals surface area contributed by atoms with Crippen molar-refractivity contribution in [2.24, 2.45) is 5.41 Å². The van der Waals surface area contributed by atoms with Gasteiger partial charge in [0.2, 0.25) is 0 Å². The van der Waals surface area contributed by atoms with Gasteiger partial charge in [0.05, 0.1) is 5.52 Å². The van der Waals surface area contributed by atoms with Crippen molar-refractivity contribution in [3.05, 3.63) is 41.0 Å². The average Bonchev–Trinajstić information content (AvgIpc) is 3.28. The number of aromatic nitrogens is 1. The second kappa shape index (κ2) is 6.30. The Morgan fingerprint density at radius 1 is 1.33 bits per heavy atom. The summed E-state index contributed by atoms with van der Waals surface area (Å²) in [5.74, 6) is 0. The van der Waals surface area contributed by atoms with Crippen LogP contribution in [0.3, 0.4) is 0 Å². The highest BCUT2D eigenvalue weighted by Gasteiger charge is 2.41. The largest absolute Gasteiger partial charge is 0.385 e. The van der Waals surface area contributed by atoms with Crippen LogP contribution in [0.5, 0.6) is 0 Å². The number of methoxy groups -OCH3 is 1. The van der Waals surface area contributed by atoms with Gasteiger partial charge < -0.3 is 10.1 Å². The molecule has 0 spiro atoms. The summed E-state index contributed by atoms with van der Waals surface area (Å²) in [6.45, 7) is 2.74. The third kappa shape index (κ3) is 3.37. The van der Waals surface area contributed by atoms with E-state index in [2.05, 4.69) is 16.4 Å². The molecule has 1 saturated carbocycles. The van der Waals surface area contributed by atoms with Crippen molar-refractivity contribution in [1.82, 2.24) is 10.3 Å². The van der Waals surface area contributed by atoms with E-state index in [0.717, 1.165) is 42.0 Å². The molecule has 3 nitrogen and oxygen atoms in total. The Hall–Kier alpha value is -1.16. The molecule has 1 N–H and O–H groups in total. The molecule has 1 heterocycles. The highest BCUT2D eigenvalue weighted by Crippen LogP contribution is 2.48. The summed E-state index contributed by atoms with van der Waals surface area (Å²) >= 11 is 6.23. The van der Waals surface area contributed by atoms with Gasteiger partial charge in [-0.2, -0.15) is 0 Å². The van der Waals surface area contributed by atoms with E-state index >= 15 is 0 Å². The van der Waals surface area contributed by atoms with Crippen molar-refractivity contribution in [2.45, 2.75) is 25.8 Å². The SMILES string of the molecule is COCCC1(CNCc2ccc(Cl)c3cccnc23)CC1. The normalized spacial score (nSPS) is 16.3. The minimum Gasteiger partial charge on any atom is -0.385 e. The van der Waals surface area contributed by atoms with Crippen LogP contribution in [0.25, 0.3) is 10.9 Å². The maximum Gasteiger partial charge on any atom is 0.0761 e. The molecular weight excluding hydrogens is 284 g/mol. The van der Waals surface area contributed by atoms with Crippen LogP contribution in [-0.4, -0.2) is 25.2 Å². The molecule has 0 atom stereocenters. The van der Waals surface area contributed by atoms with Gasteiger partial charge in [-0.05, 0) is 48.4 Å². The highest BCUT2D eigenvalue weighted by atomic mass is 35.5. The fraction of sp³-hybridized carbons (Fsp3) is 0.471. The molecule has 0 unspecified atom stereocenters. The van der Waals surface area contributed by atoms with Gasteiger partial charge in [0, 0.05) is 43.4 Å². The molecule has 4 heteroatoms. The lowest BCUT2D eigenvalue weighted by Crippen LogP contribution is -2.24. The number of pyridine rings is 1. The van der Waals surface area contributed by atoms with Crippen molar-refractivity contribution >= 4 is 22.5 Å². The van der Waals surface area contributed by atoms with Gasteiger partial charge in [0.1, 0.15) is 0 Å². The number of hydrogen-bond donors (Lipinski definition) is 1. The lowest BCUT2D eigenvalue weighted by atomic mass is 10.0. The third-order valence-electron chi connectivity index (χ3n) is 4.41. The minimum absolute atomic E-state index is 0.464. The van der Waals surface area contributed by atoms with E-state index in [1.807, 2.05) is 24.4 Å². The van der Waals surface area contributed by atoms with E-state index in [-0.39, 0.29) is 0 Å². The molecular formula is C17H21ClN2O. The van der Waals surface area contributed by atoms with Gasteiger partial charge in [0.25, 0.3) is 0 Å². The van der Waals surface area contributed by atoms with E-state index in [1.54, 1.807) is 7.11 Å². The van der Waals surface area contributed by atoms with Crippen LogP contribution in [0.4, 0.5) is 0 Å². The lowest BCUT2D eigenvalue weighted by Gasteiger charge is -2.16. The molecule has 1 aromatic carbocycles. The van der Waals surface area contributed by atoms with Crippen LogP contribution >= 0.6 is 11.6 Å². The van der Waals surface area contributed by atoms with Crippen molar-refractivity contribution in [1.29, 1.82) is 0 Å². The van der Waals surface area contributed by atoms with Crippen LogP contribution in [0.1, 0.15) is 24.8 Å². The summed E-state index contributed by atoms with van der Waals surface area (Å²) in [7, 11) is 1.77.